The first-order valence-electron chi connectivity index (χ1n) is 13.3. The maximum atomic E-state index is 11.9. The van der Waals surface area contributed by atoms with Gasteiger partial charge in [0.15, 0.2) is 0 Å². The summed E-state index contributed by atoms with van der Waals surface area (Å²) in [5.74, 6) is 0.469. The Hall–Kier alpha value is -4.62. The standard InChI is InChI=1S/C33H28N4O2S/c1-23(2)20-31-34-22-30(40-31)32-28-21-27(37(38)39)18-19-29(28)36(35-32)33(24-12-6-3-7-13-24,25-14-8-4-9-15-25)26-16-10-5-11-17-26/h3-19,21-23H,20H2,1-2H3. The average Bonchev–Trinajstić information content (AvgIpc) is 3.59. The normalized spacial score (nSPS) is 11.8. The number of hydrogen-bond donors (Lipinski definition) is 0. The third-order valence-electron chi connectivity index (χ3n) is 7.14. The van der Waals surface area contributed by atoms with Crippen molar-refractivity contribution in [3.63, 3.8) is 0 Å². The summed E-state index contributed by atoms with van der Waals surface area (Å²) in [7, 11) is 0. The molecule has 7 heteroatoms. The molecule has 0 unspecified atom stereocenters. The fraction of sp³-hybridized carbons (Fsp3) is 0.152. The van der Waals surface area contributed by atoms with Crippen LogP contribution in [-0.4, -0.2) is 19.7 Å². The summed E-state index contributed by atoms with van der Waals surface area (Å²) in [5.41, 5.74) is 3.78. The predicted molar refractivity (Wildman–Crippen MR) is 161 cm³/mol. The number of non-ortho nitro benzene ring substituents is 1. The van der Waals surface area contributed by atoms with Gasteiger partial charge >= 0.3 is 0 Å². The van der Waals surface area contributed by atoms with E-state index in [0.717, 1.165) is 43.9 Å². The Kier molecular flexibility index (Phi) is 6.74. The summed E-state index contributed by atoms with van der Waals surface area (Å²) in [6, 6.07) is 36.0. The maximum Gasteiger partial charge on any atom is 0.270 e. The van der Waals surface area contributed by atoms with Gasteiger partial charge in [0.25, 0.3) is 5.69 Å². The Morgan fingerprint density at radius 2 is 1.40 bits per heavy atom. The SMILES string of the molecule is CC(C)Cc1ncc(-c2nn(C(c3ccccc3)(c3ccccc3)c3ccccc3)c3ccc([N+](=O)[O-])cc23)s1. The van der Waals surface area contributed by atoms with Crippen molar-refractivity contribution >= 4 is 27.9 Å². The highest BCUT2D eigenvalue weighted by Crippen LogP contribution is 2.45. The van der Waals surface area contributed by atoms with Crippen LogP contribution in [0.1, 0.15) is 35.5 Å². The quantitative estimate of drug-likeness (QED) is 0.110. The van der Waals surface area contributed by atoms with Crippen LogP contribution in [-0.2, 0) is 12.0 Å². The van der Waals surface area contributed by atoms with Crippen LogP contribution in [0.25, 0.3) is 21.5 Å². The van der Waals surface area contributed by atoms with E-state index in [1.54, 1.807) is 23.5 Å². The van der Waals surface area contributed by atoms with Crippen LogP contribution in [0.3, 0.4) is 0 Å². The molecule has 0 fully saturated rings. The summed E-state index contributed by atoms with van der Waals surface area (Å²) in [5, 5.41) is 18.9. The topological polar surface area (TPSA) is 73.8 Å². The molecule has 198 valence electrons. The van der Waals surface area contributed by atoms with Crippen LogP contribution < -0.4 is 0 Å². The second kappa shape index (κ2) is 10.5. The van der Waals surface area contributed by atoms with Gasteiger partial charge in [0, 0.05) is 30.1 Å². The number of benzene rings is 4. The lowest BCUT2D eigenvalue weighted by atomic mass is 9.77. The second-order valence-corrected chi connectivity index (χ2v) is 11.4. The van der Waals surface area contributed by atoms with Crippen LogP contribution in [0.4, 0.5) is 5.69 Å². The Labute approximate surface area is 236 Å². The summed E-state index contributed by atoms with van der Waals surface area (Å²) in [6.45, 7) is 4.34. The molecule has 6 aromatic rings. The first-order chi connectivity index (χ1) is 19.5. The molecule has 0 saturated carbocycles. The van der Waals surface area contributed by atoms with Crippen LogP contribution in [0.2, 0.25) is 0 Å². The maximum absolute atomic E-state index is 11.9. The molecule has 0 bridgehead atoms. The first-order valence-corrected chi connectivity index (χ1v) is 14.1. The molecule has 0 amide bonds. The molecule has 0 aliphatic heterocycles. The summed E-state index contributed by atoms with van der Waals surface area (Å²) >= 11 is 1.60. The highest BCUT2D eigenvalue weighted by molar-refractivity contribution is 7.15. The van der Waals surface area contributed by atoms with E-state index in [1.165, 1.54) is 0 Å². The Balaban J connectivity index is 1.74. The fourth-order valence-electron chi connectivity index (χ4n) is 5.43. The lowest BCUT2D eigenvalue weighted by Crippen LogP contribution is -2.38. The number of hydrogen-bond acceptors (Lipinski definition) is 5. The zero-order valence-electron chi connectivity index (χ0n) is 22.3. The van der Waals surface area contributed by atoms with Gasteiger partial charge in [-0.05, 0) is 28.7 Å². The van der Waals surface area contributed by atoms with Gasteiger partial charge < -0.3 is 0 Å². The molecule has 2 aromatic heterocycles. The lowest BCUT2D eigenvalue weighted by Gasteiger charge is -2.37. The predicted octanol–water partition coefficient (Wildman–Crippen LogP) is 8.11. The Morgan fingerprint density at radius 1 is 0.850 bits per heavy atom. The molecule has 0 radical (unpaired) electrons. The Morgan fingerprint density at radius 3 is 1.90 bits per heavy atom. The number of thiazole rings is 1. The van der Waals surface area contributed by atoms with Crippen molar-refractivity contribution in [3.05, 3.63) is 147 Å². The highest BCUT2D eigenvalue weighted by atomic mass is 32.1. The molecule has 0 aliphatic carbocycles. The molecule has 0 atom stereocenters. The largest absolute Gasteiger partial charge is 0.270 e. The molecule has 40 heavy (non-hydrogen) atoms. The van der Waals surface area contributed by atoms with E-state index in [2.05, 4.69) is 55.2 Å². The molecule has 0 N–H and O–H groups in total. The summed E-state index contributed by atoms with van der Waals surface area (Å²) in [4.78, 5) is 17.1. The molecule has 6 rings (SSSR count). The minimum Gasteiger partial charge on any atom is -0.258 e. The van der Waals surface area contributed by atoms with Crippen molar-refractivity contribution < 1.29 is 4.92 Å². The zero-order chi connectivity index (χ0) is 27.7. The molecule has 0 spiro atoms. The number of aromatic nitrogens is 3. The highest BCUT2D eigenvalue weighted by Gasteiger charge is 2.41. The van der Waals surface area contributed by atoms with Gasteiger partial charge in [-0.3, -0.25) is 10.1 Å². The van der Waals surface area contributed by atoms with Gasteiger partial charge in [-0.2, -0.15) is 5.10 Å². The summed E-state index contributed by atoms with van der Waals surface area (Å²) < 4.78 is 2.04. The molecule has 6 nitrogen and oxygen atoms in total. The number of nitro benzene ring substituents is 1. The molecular weight excluding hydrogens is 516 g/mol. The van der Waals surface area contributed by atoms with Crippen molar-refractivity contribution in [2.45, 2.75) is 25.8 Å². The van der Waals surface area contributed by atoms with E-state index in [-0.39, 0.29) is 10.6 Å². The minimum atomic E-state index is -0.845. The van der Waals surface area contributed by atoms with Crippen LogP contribution in [0.15, 0.2) is 115 Å². The number of fused-ring (bicyclic) bond motifs is 1. The van der Waals surface area contributed by atoms with Crippen molar-refractivity contribution in [2.75, 3.05) is 0 Å². The minimum absolute atomic E-state index is 0.0324. The van der Waals surface area contributed by atoms with E-state index in [1.807, 2.05) is 71.5 Å². The first kappa shape index (κ1) is 25.6. The fourth-order valence-corrected chi connectivity index (χ4v) is 6.55. The van der Waals surface area contributed by atoms with E-state index in [4.69, 9.17) is 5.10 Å². The van der Waals surface area contributed by atoms with Gasteiger partial charge in [-0.1, -0.05) is 105 Å². The number of nitro groups is 1. The number of rotatable bonds is 8. The summed E-state index contributed by atoms with van der Waals surface area (Å²) in [6.07, 6.45) is 2.72. The molecular formula is C33H28N4O2S. The number of nitrogens with zero attached hydrogens (tertiary/aromatic N) is 4. The van der Waals surface area contributed by atoms with E-state index in [9.17, 15) is 10.1 Å². The second-order valence-electron chi connectivity index (χ2n) is 10.2. The van der Waals surface area contributed by atoms with Gasteiger partial charge in [0.1, 0.15) is 11.2 Å². The smallest absolute Gasteiger partial charge is 0.258 e. The van der Waals surface area contributed by atoms with Gasteiger partial charge in [0.05, 0.1) is 20.3 Å². The third-order valence-corrected chi connectivity index (χ3v) is 8.16. The Bertz CT molecular complexity index is 1680. The van der Waals surface area contributed by atoms with E-state index in [0.29, 0.717) is 11.6 Å². The molecule has 0 aliphatic rings. The molecule has 4 aromatic carbocycles. The lowest BCUT2D eigenvalue weighted by molar-refractivity contribution is -0.384. The van der Waals surface area contributed by atoms with Crippen LogP contribution in [0.5, 0.6) is 0 Å². The third kappa shape index (κ3) is 4.38. The van der Waals surface area contributed by atoms with E-state index >= 15 is 0 Å². The zero-order valence-corrected chi connectivity index (χ0v) is 23.1. The average molecular weight is 545 g/mol. The van der Waals surface area contributed by atoms with Gasteiger partial charge in [0.2, 0.25) is 0 Å². The van der Waals surface area contributed by atoms with Crippen molar-refractivity contribution in [1.82, 2.24) is 14.8 Å². The molecule has 0 saturated heterocycles. The van der Waals surface area contributed by atoms with Crippen molar-refractivity contribution in [1.29, 1.82) is 0 Å². The van der Waals surface area contributed by atoms with Crippen molar-refractivity contribution in [3.8, 4) is 10.6 Å². The van der Waals surface area contributed by atoms with E-state index < -0.39 is 5.54 Å². The van der Waals surface area contributed by atoms with Crippen molar-refractivity contribution in [2.24, 2.45) is 5.92 Å². The monoisotopic (exact) mass is 544 g/mol. The van der Waals surface area contributed by atoms with Gasteiger partial charge in [-0.15, -0.1) is 11.3 Å². The van der Waals surface area contributed by atoms with Crippen LogP contribution in [0, 0.1) is 16.0 Å². The van der Waals surface area contributed by atoms with Gasteiger partial charge in [-0.25, -0.2) is 9.67 Å². The van der Waals surface area contributed by atoms with Crippen LogP contribution >= 0.6 is 11.3 Å². The molecule has 2 heterocycles.